The van der Waals surface area contributed by atoms with Crippen molar-refractivity contribution in [2.45, 2.75) is 81.6 Å². The third-order valence-electron chi connectivity index (χ3n) is 9.90. The Morgan fingerprint density at radius 1 is 0.780 bits per heavy atom. The molecule has 8 heteroatoms. The zero-order chi connectivity index (χ0) is 35.2. The maximum atomic E-state index is 14.8. The fourth-order valence-electron chi connectivity index (χ4n) is 7.54. The first kappa shape index (κ1) is 36.1. The van der Waals surface area contributed by atoms with Crippen molar-refractivity contribution in [3.05, 3.63) is 145 Å². The van der Waals surface area contributed by atoms with Gasteiger partial charge in [-0.2, -0.15) is 0 Å². The molecule has 4 aromatic carbocycles. The molecule has 5 atom stereocenters. The quantitative estimate of drug-likeness (QED) is 0.119. The van der Waals surface area contributed by atoms with Crippen LogP contribution in [0, 0.1) is 0 Å². The molecule has 0 saturated carbocycles. The monoisotopic (exact) mass is 692 g/mol. The summed E-state index contributed by atoms with van der Waals surface area (Å²) in [5, 5.41) is 12.4. The largest absolute Gasteiger partial charge is 0.404 e. The van der Waals surface area contributed by atoms with Gasteiger partial charge in [0.25, 0.3) is 8.32 Å². The number of fused-ring (bicyclic) bond motifs is 2. The first-order chi connectivity index (χ1) is 24.2. The van der Waals surface area contributed by atoms with Crippen molar-refractivity contribution >= 4 is 24.5 Å². The Hall–Kier alpha value is -3.73. The molecular weight excluding hydrogens is 645 g/mol. The third kappa shape index (κ3) is 6.82. The van der Waals surface area contributed by atoms with E-state index in [2.05, 4.69) is 51.6 Å². The second kappa shape index (κ2) is 15.2. The Kier molecular flexibility index (Phi) is 11.0. The van der Waals surface area contributed by atoms with Gasteiger partial charge in [0, 0.05) is 6.42 Å². The first-order valence-electron chi connectivity index (χ1n) is 17.4. The van der Waals surface area contributed by atoms with Crippen LogP contribution in [0.5, 0.6) is 0 Å². The van der Waals surface area contributed by atoms with Gasteiger partial charge in [-0.05, 0) is 33.0 Å². The van der Waals surface area contributed by atoms with Crippen LogP contribution in [0.15, 0.2) is 134 Å². The number of carbonyl (C=O) groups is 1. The van der Waals surface area contributed by atoms with Crippen LogP contribution in [0.4, 0.5) is 0 Å². The lowest BCUT2D eigenvalue weighted by atomic mass is 9.88. The van der Waals surface area contributed by atoms with Crippen LogP contribution in [0.1, 0.15) is 44.7 Å². The van der Waals surface area contributed by atoms with Crippen LogP contribution in [-0.4, -0.2) is 62.1 Å². The summed E-state index contributed by atoms with van der Waals surface area (Å²) in [5.41, 5.74) is 0.235. The van der Waals surface area contributed by atoms with Crippen LogP contribution in [0.2, 0.25) is 5.04 Å². The van der Waals surface area contributed by atoms with Gasteiger partial charge in [-0.15, -0.1) is 6.58 Å². The molecule has 2 bridgehead atoms. The van der Waals surface area contributed by atoms with Crippen molar-refractivity contribution in [3.8, 4) is 0 Å². The van der Waals surface area contributed by atoms with Crippen molar-refractivity contribution in [1.29, 1.82) is 0 Å². The van der Waals surface area contributed by atoms with E-state index in [0.29, 0.717) is 12.8 Å². The molecule has 0 aliphatic carbocycles. The summed E-state index contributed by atoms with van der Waals surface area (Å²) >= 11 is 0. The van der Waals surface area contributed by atoms with Gasteiger partial charge >= 0.3 is 0 Å². The Bertz CT molecular complexity index is 1660. The number of hydrogen-bond donors (Lipinski definition) is 1. The number of Topliss-reactive ketones (excluding diaryl/α,β-unsaturated/α-hetero) is 1. The Labute approximate surface area is 296 Å². The van der Waals surface area contributed by atoms with Crippen LogP contribution in [-0.2, 0) is 41.4 Å². The molecule has 50 heavy (non-hydrogen) atoms. The molecule has 0 radical (unpaired) electrons. The third-order valence-corrected chi connectivity index (χ3v) is 14.9. The minimum atomic E-state index is -3.15. The predicted octanol–water partition coefficient (Wildman–Crippen LogP) is 6.13. The molecular formula is C42H48O7Si. The van der Waals surface area contributed by atoms with E-state index in [9.17, 15) is 9.90 Å². The number of ketones is 1. The molecule has 2 fully saturated rings. The zero-order valence-corrected chi connectivity index (χ0v) is 30.2. The highest BCUT2D eigenvalue weighted by molar-refractivity contribution is 6.99. The first-order valence-corrected chi connectivity index (χ1v) is 19.3. The molecule has 6 rings (SSSR count). The predicted molar refractivity (Wildman–Crippen MR) is 197 cm³/mol. The second-order valence-corrected chi connectivity index (χ2v) is 18.5. The molecule has 0 aromatic heterocycles. The highest BCUT2D eigenvalue weighted by Crippen LogP contribution is 2.52. The lowest BCUT2D eigenvalue weighted by Gasteiger charge is -2.47. The van der Waals surface area contributed by atoms with E-state index in [4.69, 9.17) is 23.4 Å². The lowest BCUT2D eigenvalue weighted by molar-refractivity contribution is -0.322. The van der Waals surface area contributed by atoms with Crippen LogP contribution in [0.3, 0.4) is 0 Å². The molecule has 0 amide bonds. The Morgan fingerprint density at radius 2 is 1.26 bits per heavy atom. The van der Waals surface area contributed by atoms with Crippen molar-refractivity contribution < 1.29 is 33.3 Å². The standard InChI is InChI=1S/C42H48O7Si/c1-5-6-27-42-39(46-30-33-21-13-8-14-22-33)38(45-29-32-19-11-7-12-20-32)41(49-42,37(44)36(28-43)48-42)31-47-50(40(2,3)4,34-23-15-9-16-24-34)35-25-17-10-18-26-35/h5,7-26,36,38-39,43H,1,6,27-31H2,2-4H3/t36-,38-,39-,41+,42+/m1/s1. The number of allylic oxidation sites excluding steroid dienone is 1. The number of benzene rings is 4. The van der Waals surface area contributed by atoms with E-state index < -0.39 is 50.4 Å². The number of rotatable bonds is 15. The summed E-state index contributed by atoms with van der Waals surface area (Å²) in [6, 6.07) is 40.2. The second-order valence-electron chi connectivity index (χ2n) is 14.2. The molecule has 2 aliphatic heterocycles. The summed E-state index contributed by atoms with van der Waals surface area (Å²) < 4.78 is 34.5. The average molecular weight is 693 g/mol. The number of aliphatic hydroxyl groups is 1. The van der Waals surface area contributed by atoms with E-state index in [-0.39, 0.29) is 24.9 Å². The van der Waals surface area contributed by atoms with E-state index in [1.54, 1.807) is 6.08 Å². The van der Waals surface area contributed by atoms with Crippen molar-refractivity contribution in [2.24, 2.45) is 0 Å². The average Bonchev–Trinajstić information content (AvgIpc) is 3.37. The van der Waals surface area contributed by atoms with Gasteiger partial charge in [0.05, 0.1) is 26.4 Å². The SMILES string of the molecule is C=CCC[C@]12O[C@H](CO)C(=O)[C@](CO[Si](c3ccccc3)(c3ccccc3)C(C)(C)C)(O1)[C@H](OCc1ccccc1)[C@H]2OCc1ccccc1. The normalized spacial score (nSPS) is 25.0. The fourth-order valence-corrected chi connectivity index (χ4v) is 12.1. The van der Waals surface area contributed by atoms with Gasteiger partial charge in [-0.3, -0.25) is 4.79 Å². The topological polar surface area (TPSA) is 83.5 Å². The molecule has 0 spiro atoms. The highest BCUT2D eigenvalue weighted by atomic mass is 28.4. The van der Waals surface area contributed by atoms with Gasteiger partial charge < -0.3 is 28.5 Å². The molecule has 1 N–H and O–H groups in total. The number of ether oxygens (including phenoxy) is 4. The smallest absolute Gasteiger partial charge is 0.261 e. The summed E-state index contributed by atoms with van der Waals surface area (Å²) in [5.74, 6) is -1.84. The van der Waals surface area contributed by atoms with E-state index in [1.165, 1.54) is 0 Å². The van der Waals surface area contributed by atoms with Crippen LogP contribution < -0.4 is 10.4 Å². The number of carbonyl (C=O) groups excluding carboxylic acids is 1. The lowest BCUT2D eigenvalue weighted by Crippen LogP contribution is -2.70. The Morgan fingerprint density at radius 3 is 1.72 bits per heavy atom. The summed E-state index contributed by atoms with van der Waals surface area (Å²) in [6.07, 6.45) is -0.281. The molecule has 262 valence electrons. The highest BCUT2D eigenvalue weighted by Gasteiger charge is 2.73. The van der Waals surface area contributed by atoms with E-state index >= 15 is 0 Å². The molecule has 2 aliphatic rings. The van der Waals surface area contributed by atoms with Crippen molar-refractivity contribution in [3.63, 3.8) is 0 Å². The molecule has 7 nitrogen and oxygen atoms in total. The Balaban J connectivity index is 1.49. The van der Waals surface area contributed by atoms with Crippen LogP contribution in [0.25, 0.3) is 0 Å². The van der Waals surface area contributed by atoms with E-state index in [1.807, 2.05) is 97.1 Å². The maximum absolute atomic E-state index is 14.8. The summed E-state index contributed by atoms with van der Waals surface area (Å²) in [7, 11) is -3.15. The maximum Gasteiger partial charge on any atom is 0.261 e. The van der Waals surface area contributed by atoms with Gasteiger partial charge in [-0.1, -0.05) is 148 Å². The van der Waals surface area contributed by atoms with Crippen LogP contribution >= 0.6 is 0 Å². The van der Waals surface area contributed by atoms with Gasteiger partial charge in [-0.25, -0.2) is 0 Å². The van der Waals surface area contributed by atoms with Crippen molar-refractivity contribution in [2.75, 3.05) is 13.2 Å². The molecule has 2 saturated heterocycles. The zero-order valence-electron chi connectivity index (χ0n) is 29.2. The van der Waals surface area contributed by atoms with Gasteiger partial charge in [0.1, 0.15) is 18.3 Å². The molecule has 4 aromatic rings. The van der Waals surface area contributed by atoms with Gasteiger partial charge in [0.2, 0.25) is 5.78 Å². The summed E-state index contributed by atoms with van der Waals surface area (Å²) in [4.78, 5) is 14.8. The van der Waals surface area contributed by atoms with Crippen molar-refractivity contribution in [1.82, 2.24) is 0 Å². The summed E-state index contributed by atoms with van der Waals surface area (Å²) in [6.45, 7) is 10.3. The number of aliphatic hydroxyl groups excluding tert-OH is 1. The fraction of sp³-hybridized carbons (Fsp3) is 0.357. The van der Waals surface area contributed by atoms with E-state index in [0.717, 1.165) is 21.5 Å². The molecule has 2 heterocycles. The minimum absolute atomic E-state index is 0.126. The van der Waals surface area contributed by atoms with Gasteiger partial charge in [0.15, 0.2) is 11.4 Å². The number of hydrogen-bond acceptors (Lipinski definition) is 7. The molecule has 0 unspecified atom stereocenters. The minimum Gasteiger partial charge on any atom is -0.404 e.